The molecule has 0 fully saturated rings. The molecule has 1 heterocycles. The lowest BCUT2D eigenvalue weighted by Crippen LogP contribution is -2.60. The van der Waals surface area contributed by atoms with Gasteiger partial charge in [0.25, 0.3) is 0 Å². The second-order valence-corrected chi connectivity index (χ2v) is 8.47. The molecule has 14 nitrogen and oxygen atoms in total. The van der Waals surface area contributed by atoms with Gasteiger partial charge in [-0.05, 0) is 31.4 Å². The van der Waals surface area contributed by atoms with Crippen molar-refractivity contribution in [1.82, 2.24) is 20.9 Å². The average Bonchev–Trinajstić information content (AvgIpc) is 3.25. The average molecular weight is 522 g/mol. The summed E-state index contributed by atoms with van der Waals surface area (Å²) in [7, 11) is 0. The zero-order valence-electron chi connectivity index (χ0n) is 20.0. The molecule has 3 amide bonds. The Morgan fingerprint density at radius 2 is 1.62 bits per heavy atom. The van der Waals surface area contributed by atoms with Gasteiger partial charge >= 0.3 is 11.9 Å². The standard InChI is InChI=1S/C23H31N5O9/c1-11(30)19(28-20(33)14(24)8-12-9-25-15-5-3-2-4-13(12)15)22(35)26-16(6-7-18(31)32)21(34)27-17(10-29)23(36)37/h2-5,9,11,14,16-17,19,25,29-30H,6-8,10,24H2,1H3,(H,26,35)(H,27,34)(H,28,33)(H,31,32)(H,36,37). The topological polar surface area (TPSA) is 244 Å². The number of nitrogens with two attached hydrogens (primary N) is 1. The van der Waals surface area contributed by atoms with Gasteiger partial charge in [-0.3, -0.25) is 19.2 Å². The lowest BCUT2D eigenvalue weighted by Gasteiger charge is -2.26. The Balaban J connectivity index is 2.10. The number of aromatic amines is 1. The van der Waals surface area contributed by atoms with E-state index in [1.807, 2.05) is 29.6 Å². The van der Waals surface area contributed by atoms with Crippen molar-refractivity contribution in [2.24, 2.45) is 5.73 Å². The van der Waals surface area contributed by atoms with Crippen molar-refractivity contribution < 1.29 is 44.4 Å². The van der Waals surface area contributed by atoms with Crippen LogP contribution in [0.5, 0.6) is 0 Å². The monoisotopic (exact) mass is 521 g/mol. The van der Waals surface area contributed by atoms with Crippen molar-refractivity contribution in [3.05, 3.63) is 36.0 Å². The van der Waals surface area contributed by atoms with E-state index < -0.39 is 79.4 Å². The predicted octanol–water partition coefficient (Wildman–Crippen LogP) is -2.19. The number of carbonyl (C=O) groups excluding carboxylic acids is 3. The number of fused-ring (bicyclic) bond motifs is 1. The molecule has 1 aromatic heterocycles. The van der Waals surface area contributed by atoms with Gasteiger partial charge in [0.1, 0.15) is 18.1 Å². The number of carboxylic acids is 2. The number of amides is 3. The highest BCUT2D eigenvalue weighted by Gasteiger charge is 2.32. The molecule has 0 spiro atoms. The Kier molecular flexibility index (Phi) is 10.5. The first-order valence-corrected chi connectivity index (χ1v) is 11.4. The summed E-state index contributed by atoms with van der Waals surface area (Å²) in [5.74, 6) is -5.68. The van der Waals surface area contributed by atoms with Crippen LogP contribution in [0.4, 0.5) is 0 Å². The lowest BCUT2D eigenvalue weighted by molar-refractivity contribution is -0.144. The second kappa shape index (κ2) is 13.3. The smallest absolute Gasteiger partial charge is 0.328 e. The van der Waals surface area contributed by atoms with Crippen LogP contribution in [0.15, 0.2) is 30.5 Å². The number of carbonyl (C=O) groups is 5. The maximum Gasteiger partial charge on any atom is 0.328 e. The molecule has 0 aliphatic carbocycles. The molecule has 5 atom stereocenters. The number of benzene rings is 1. The molecule has 0 saturated carbocycles. The molecule has 37 heavy (non-hydrogen) atoms. The van der Waals surface area contributed by atoms with Crippen LogP contribution in [-0.4, -0.2) is 91.9 Å². The summed E-state index contributed by atoms with van der Waals surface area (Å²) in [5, 5.41) is 44.6. The van der Waals surface area contributed by atoms with Gasteiger partial charge in [0.05, 0.1) is 18.8 Å². The summed E-state index contributed by atoms with van der Waals surface area (Å²) in [4.78, 5) is 63.2. The van der Waals surface area contributed by atoms with Gasteiger partial charge in [0, 0.05) is 23.5 Å². The Bertz CT molecular complexity index is 1130. The Labute approximate surface area is 211 Å². The fourth-order valence-electron chi connectivity index (χ4n) is 3.55. The highest BCUT2D eigenvalue weighted by atomic mass is 16.4. The normalized spacial score (nSPS) is 15.1. The van der Waals surface area contributed by atoms with E-state index in [9.17, 15) is 29.1 Å². The van der Waals surface area contributed by atoms with Crippen LogP contribution in [0.2, 0.25) is 0 Å². The minimum atomic E-state index is -1.69. The first-order valence-electron chi connectivity index (χ1n) is 11.4. The fourth-order valence-corrected chi connectivity index (χ4v) is 3.55. The van der Waals surface area contributed by atoms with Gasteiger partial charge in [-0.1, -0.05) is 18.2 Å². The molecule has 0 radical (unpaired) electrons. The number of para-hydroxylation sites is 1. The molecular weight excluding hydrogens is 490 g/mol. The highest BCUT2D eigenvalue weighted by molar-refractivity contribution is 5.95. The lowest BCUT2D eigenvalue weighted by atomic mass is 10.0. The third-order valence-electron chi connectivity index (χ3n) is 5.59. The van der Waals surface area contributed by atoms with E-state index in [1.165, 1.54) is 6.92 Å². The molecular formula is C23H31N5O9. The van der Waals surface area contributed by atoms with Crippen LogP contribution in [0.3, 0.4) is 0 Å². The fraction of sp³-hybridized carbons (Fsp3) is 0.435. The molecule has 14 heteroatoms. The summed E-state index contributed by atoms with van der Waals surface area (Å²) in [6, 6.07) is 1.50. The number of aliphatic carboxylic acids is 2. The van der Waals surface area contributed by atoms with E-state index in [1.54, 1.807) is 6.20 Å². The summed E-state index contributed by atoms with van der Waals surface area (Å²) in [5.41, 5.74) is 7.64. The van der Waals surface area contributed by atoms with Gasteiger partial charge in [-0.2, -0.15) is 0 Å². The van der Waals surface area contributed by atoms with Crippen LogP contribution in [0.25, 0.3) is 10.9 Å². The number of aliphatic hydroxyl groups excluding tert-OH is 2. The molecule has 0 aliphatic rings. The van der Waals surface area contributed by atoms with Crippen LogP contribution >= 0.6 is 0 Å². The third-order valence-corrected chi connectivity index (χ3v) is 5.59. The van der Waals surface area contributed by atoms with Gasteiger partial charge in [-0.15, -0.1) is 0 Å². The number of aliphatic hydroxyl groups is 2. The zero-order chi connectivity index (χ0) is 27.7. The SMILES string of the molecule is CC(O)C(NC(=O)C(N)Cc1c[nH]c2ccccc12)C(=O)NC(CCC(=O)O)C(=O)NC(CO)C(=O)O. The van der Waals surface area contributed by atoms with Crippen molar-refractivity contribution in [2.75, 3.05) is 6.61 Å². The minimum absolute atomic E-state index is 0.116. The molecule has 5 unspecified atom stereocenters. The first-order chi connectivity index (χ1) is 17.4. The van der Waals surface area contributed by atoms with Gasteiger partial charge in [-0.25, -0.2) is 4.79 Å². The van der Waals surface area contributed by atoms with Crippen molar-refractivity contribution in [3.8, 4) is 0 Å². The number of carboxylic acid groups (broad SMARTS) is 2. The first kappa shape index (κ1) is 29.2. The van der Waals surface area contributed by atoms with E-state index >= 15 is 0 Å². The number of hydrogen-bond donors (Lipinski definition) is 9. The minimum Gasteiger partial charge on any atom is -0.481 e. The number of hydrogen-bond acceptors (Lipinski definition) is 8. The Morgan fingerprint density at radius 3 is 2.22 bits per heavy atom. The van der Waals surface area contributed by atoms with E-state index in [0.717, 1.165) is 16.5 Å². The highest BCUT2D eigenvalue weighted by Crippen LogP contribution is 2.18. The maximum absolute atomic E-state index is 12.9. The van der Waals surface area contributed by atoms with Crippen LogP contribution < -0.4 is 21.7 Å². The van der Waals surface area contributed by atoms with E-state index in [0.29, 0.717) is 0 Å². The largest absolute Gasteiger partial charge is 0.481 e. The summed E-state index contributed by atoms with van der Waals surface area (Å²) >= 11 is 0. The number of rotatable bonds is 14. The predicted molar refractivity (Wildman–Crippen MR) is 129 cm³/mol. The Morgan fingerprint density at radius 1 is 0.973 bits per heavy atom. The number of nitrogens with one attached hydrogen (secondary N) is 4. The molecule has 0 bridgehead atoms. The zero-order valence-corrected chi connectivity index (χ0v) is 20.0. The third kappa shape index (κ3) is 8.27. The van der Waals surface area contributed by atoms with Crippen LogP contribution in [0.1, 0.15) is 25.3 Å². The summed E-state index contributed by atoms with van der Waals surface area (Å²) in [6.07, 6.45) is -0.594. The summed E-state index contributed by atoms with van der Waals surface area (Å²) in [6.45, 7) is 0.273. The Hall–Kier alpha value is -4.01. The van der Waals surface area contributed by atoms with E-state index in [-0.39, 0.29) is 6.42 Å². The van der Waals surface area contributed by atoms with Gasteiger partial charge < -0.3 is 47.1 Å². The molecule has 0 saturated heterocycles. The van der Waals surface area contributed by atoms with Crippen LogP contribution in [-0.2, 0) is 30.4 Å². The van der Waals surface area contributed by atoms with Crippen molar-refractivity contribution in [1.29, 1.82) is 0 Å². The quantitative estimate of drug-likeness (QED) is 0.130. The molecule has 2 rings (SSSR count). The van der Waals surface area contributed by atoms with Crippen molar-refractivity contribution >= 4 is 40.6 Å². The maximum atomic E-state index is 12.9. The van der Waals surface area contributed by atoms with E-state index in [4.69, 9.17) is 21.1 Å². The van der Waals surface area contributed by atoms with E-state index in [2.05, 4.69) is 15.6 Å². The number of aromatic nitrogens is 1. The molecule has 10 N–H and O–H groups in total. The molecule has 1 aromatic carbocycles. The summed E-state index contributed by atoms with van der Waals surface area (Å²) < 4.78 is 0. The molecule has 0 aliphatic heterocycles. The van der Waals surface area contributed by atoms with Crippen molar-refractivity contribution in [2.45, 2.75) is 56.5 Å². The number of H-pyrrole nitrogens is 1. The second-order valence-electron chi connectivity index (χ2n) is 8.47. The van der Waals surface area contributed by atoms with Crippen molar-refractivity contribution in [3.63, 3.8) is 0 Å². The molecule has 2 aromatic rings. The van der Waals surface area contributed by atoms with Gasteiger partial charge in [0.2, 0.25) is 17.7 Å². The van der Waals surface area contributed by atoms with Crippen LogP contribution in [0, 0.1) is 0 Å². The molecule has 202 valence electrons. The van der Waals surface area contributed by atoms with Gasteiger partial charge in [0.15, 0.2) is 0 Å².